The van der Waals surface area contributed by atoms with Crippen LogP contribution in [0.5, 0.6) is 0 Å². The maximum atomic E-state index is 11.4. The summed E-state index contributed by atoms with van der Waals surface area (Å²) in [6.45, 7) is 0.632. The van der Waals surface area contributed by atoms with E-state index in [9.17, 15) is 9.90 Å². The molecule has 1 aliphatic carbocycles. The number of aliphatic carboxylic acids is 1. The Hall–Kier alpha value is -1.06. The highest BCUT2D eigenvalue weighted by Gasteiger charge is 2.38. The van der Waals surface area contributed by atoms with Crippen molar-refractivity contribution in [3.63, 3.8) is 0 Å². The van der Waals surface area contributed by atoms with Crippen molar-refractivity contribution in [1.29, 1.82) is 0 Å². The molecule has 0 spiro atoms. The zero-order valence-corrected chi connectivity index (χ0v) is 11.2. The van der Waals surface area contributed by atoms with Gasteiger partial charge in [-0.1, -0.05) is 49.6 Å². The van der Waals surface area contributed by atoms with E-state index in [1.54, 1.807) is 0 Å². The van der Waals surface area contributed by atoms with E-state index in [0.29, 0.717) is 6.54 Å². The van der Waals surface area contributed by atoms with Crippen molar-refractivity contribution in [3.8, 4) is 0 Å². The average Bonchev–Trinajstić information content (AvgIpc) is 2.38. The Balaban J connectivity index is 0.00000162. The van der Waals surface area contributed by atoms with Crippen molar-refractivity contribution in [2.24, 2.45) is 0 Å². The highest BCUT2D eigenvalue weighted by molar-refractivity contribution is 5.85. The third kappa shape index (κ3) is 3.47. The highest BCUT2D eigenvalue weighted by atomic mass is 35.5. The van der Waals surface area contributed by atoms with Crippen LogP contribution in [0, 0.1) is 0 Å². The number of nitrogens with one attached hydrogen (secondary N) is 1. The van der Waals surface area contributed by atoms with E-state index in [-0.39, 0.29) is 12.4 Å². The SMILES string of the molecule is Cl.O=C(O)C1(NCc2ccccc2)CCCCC1. The molecule has 1 aromatic rings. The normalized spacial score (nSPS) is 17.8. The minimum atomic E-state index is -0.701. The van der Waals surface area contributed by atoms with Crippen molar-refractivity contribution in [2.45, 2.75) is 44.2 Å². The summed E-state index contributed by atoms with van der Waals surface area (Å²) in [6.07, 6.45) is 4.66. The molecule has 0 bridgehead atoms. The molecular formula is C14H20ClNO2. The van der Waals surface area contributed by atoms with Gasteiger partial charge in [-0.15, -0.1) is 12.4 Å². The van der Waals surface area contributed by atoms with Crippen LogP contribution in [-0.4, -0.2) is 16.6 Å². The van der Waals surface area contributed by atoms with E-state index < -0.39 is 11.5 Å². The second-order valence-electron chi connectivity index (χ2n) is 4.79. The summed E-state index contributed by atoms with van der Waals surface area (Å²) in [5.41, 5.74) is 0.437. The molecule has 1 saturated carbocycles. The Morgan fingerprint density at radius 1 is 1.17 bits per heavy atom. The third-order valence-electron chi connectivity index (χ3n) is 3.59. The van der Waals surface area contributed by atoms with Crippen LogP contribution >= 0.6 is 12.4 Å². The summed E-state index contributed by atoms with van der Waals surface area (Å²) in [4.78, 5) is 11.4. The van der Waals surface area contributed by atoms with Crippen molar-refractivity contribution in [1.82, 2.24) is 5.32 Å². The van der Waals surface area contributed by atoms with Crippen molar-refractivity contribution in [3.05, 3.63) is 35.9 Å². The van der Waals surface area contributed by atoms with Crippen LogP contribution in [0.25, 0.3) is 0 Å². The first-order valence-corrected chi connectivity index (χ1v) is 6.25. The summed E-state index contributed by atoms with van der Waals surface area (Å²) in [7, 11) is 0. The van der Waals surface area contributed by atoms with Crippen LogP contribution in [0.1, 0.15) is 37.7 Å². The molecule has 0 aromatic heterocycles. The van der Waals surface area contributed by atoms with Gasteiger partial charge >= 0.3 is 5.97 Å². The third-order valence-corrected chi connectivity index (χ3v) is 3.59. The van der Waals surface area contributed by atoms with E-state index in [2.05, 4.69) is 5.32 Å². The van der Waals surface area contributed by atoms with E-state index in [1.807, 2.05) is 30.3 Å². The zero-order chi connectivity index (χ0) is 12.1. The predicted octanol–water partition coefficient (Wildman–Crippen LogP) is 2.99. The maximum Gasteiger partial charge on any atom is 0.323 e. The number of rotatable bonds is 4. The fourth-order valence-corrected chi connectivity index (χ4v) is 2.49. The molecule has 0 aliphatic heterocycles. The summed E-state index contributed by atoms with van der Waals surface area (Å²) >= 11 is 0. The maximum absolute atomic E-state index is 11.4. The molecule has 1 aliphatic rings. The molecule has 0 heterocycles. The van der Waals surface area contributed by atoms with E-state index >= 15 is 0 Å². The first-order chi connectivity index (χ1) is 8.23. The van der Waals surface area contributed by atoms with Gasteiger partial charge in [0.25, 0.3) is 0 Å². The largest absolute Gasteiger partial charge is 0.480 e. The Morgan fingerprint density at radius 2 is 1.78 bits per heavy atom. The molecule has 0 unspecified atom stereocenters. The Labute approximate surface area is 114 Å². The van der Waals surface area contributed by atoms with Crippen LogP contribution in [-0.2, 0) is 11.3 Å². The molecule has 4 heteroatoms. The zero-order valence-electron chi connectivity index (χ0n) is 10.4. The number of halogens is 1. The van der Waals surface area contributed by atoms with Crippen LogP contribution in [0.15, 0.2) is 30.3 Å². The van der Waals surface area contributed by atoms with Gasteiger partial charge in [0.2, 0.25) is 0 Å². The first-order valence-electron chi connectivity index (χ1n) is 6.25. The smallest absolute Gasteiger partial charge is 0.323 e. The number of carbonyl (C=O) groups is 1. The van der Waals surface area contributed by atoms with Gasteiger partial charge in [-0.05, 0) is 18.4 Å². The van der Waals surface area contributed by atoms with Crippen molar-refractivity contribution >= 4 is 18.4 Å². The van der Waals surface area contributed by atoms with Crippen LogP contribution in [0.2, 0.25) is 0 Å². The summed E-state index contributed by atoms with van der Waals surface area (Å²) in [6, 6.07) is 9.96. The number of hydrogen-bond donors (Lipinski definition) is 2. The molecule has 0 radical (unpaired) electrons. The van der Waals surface area contributed by atoms with E-state index in [4.69, 9.17) is 0 Å². The molecule has 0 atom stereocenters. The Bertz CT molecular complexity index is 375. The summed E-state index contributed by atoms with van der Waals surface area (Å²) in [5.74, 6) is -0.701. The average molecular weight is 270 g/mol. The molecule has 1 aromatic carbocycles. The summed E-state index contributed by atoms with van der Waals surface area (Å²) in [5, 5.41) is 12.7. The van der Waals surface area contributed by atoms with Gasteiger partial charge in [-0.25, -0.2) is 0 Å². The molecule has 1 fully saturated rings. The van der Waals surface area contributed by atoms with Crippen LogP contribution in [0.3, 0.4) is 0 Å². The fraction of sp³-hybridized carbons (Fsp3) is 0.500. The van der Waals surface area contributed by atoms with Crippen LogP contribution in [0.4, 0.5) is 0 Å². The van der Waals surface area contributed by atoms with Gasteiger partial charge < -0.3 is 5.11 Å². The lowest BCUT2D eigenvalue weighted by molar-refractivity contribution is -0.146. The monoisotopic (exact) mass is 269 g/mol. The lowest BCUT2D eigenvalue weighted by Crippen LogP contribution is -2.52. The molecule has 2 rings (SSSR count). The number of carboxylic acids is 1. The second-order valence-corrected chi connectivity index (χ2v) is 4.79. The molecule has 18 heavy (non-hydrogen) atoms. The van der Waals surface area contributed by atoms with Gasteiger partial charge in [0.15, 0.2) is 0 Å². The van der Waals surface area contributed by atoms with Gasteiger partial charge in [-0.3, -0.25) is 10.1 Å². The topological polar surface area (TPSA) is 49.3 Å². The molecule has 0 amide bonds. The quantitative estimate of drug-likeness (QED) is 0.883. The molecule has 100 valence electrons. The minimum Gasteiger partial charge on any atom is -0.480 e. The Morgan fingerprint density at radius 3 is 2.33 bits per heavy atom. The Kier molecular flexibility index (Phi) is 5.63. The molecule has 2 N–H and O–H groups in total. The predicted molar refractivity (Wildman–Crippen MR) is 74.0 cm³/mol. The van der Waals surface area contributed by atoms with Crippen molar-refractivity contribution in [2.75, 3.05) is 0 Å². The molecule has 0 saturated heterocycles. The van der Waals surface area contributed by atoms with Crippen molar-refractivity contribution < 1.29 is 9.90 Å². The van der Waals surface area contributed by atoms with Gasteiger partial charge in [0.05, 0.1) is 0 Å². The number of benzene rings is 1. The lowest BCUT2D eigenvalue weighted by Gasteiger charge is -2.34. The fourth-order valence-electron chi connectivity index (χ4n) is 2.49. The standard InChI is InChI=1S/C14H19NO2.ClH/c16-13(17)14(9-5-2-6-10-14)15-11-12-7-3-1-4-8-12;/h1,3-4,7-8,15H,2,5-6,9-11H2,(H,16,17);1H. The number of carboxylic acid groups (broad SMARTS) is 1. The van der Waals surface area contributed by atoms with E-state index in [0.717, 1.165) is 37.7 Å². The highest BCUT2D eigenvalue weighted by Crippen LogP contribution is 2.28. The number of hydrogen-bond acceptors (Lipinski definition) is 2. The molecular weight excluding hydrogens is 250 g/mol. The van der Waals surface area contributed by atoms with E-state index in [1.165, 1.54) is 0 Å². The first kappa shape index (κ1) is 15.0. The molecule has 3 nitrogen and oxygen atoms in total. The second kappa shape index (κ2) is 6.76. The van der Waals surface area contributed by atoms with Gasteiger partial charge in [-0.2, -0.15) is 0 Å². The summed E-state index contributed by atoms with van der Waals surface area (Å²) < 4.78 is 0. The van der Waals surface area contributed by atoms with Gasteiger partial charge in [0, 0.05) is 6.54 Å². The lowest BCUT2D eigenvalue weighted by atomic mass is 9.81. The minimum absolute atomic E-state index is 0. The van der Waals surface area contributed by atoms with Crippen LogP contribution < -0.4 is 5.32 Å². The van der Waals surface area contributed by atoms with Gasteiger partial charge in [0.1, 0.15) is 5.54 Å².